The molecule has 1 saturated carbocycles. The smallest absolute Gasteiger partial charge is 0.305 e. The molecule has 17 heavy (non-hydrogen) atoms. The normalized spacial score (nSPS) is 16.3. The van der Waals surface area contributed by atoms with E-state index in [4.69, 9.17) is 0 Å². The van der Waals surface area contributed by atoms with Gasteiger partial charge in [0.15, 0.2) is 0 Å². The minimum absolute atomic E-state index is 0.0445. The van der Waals surface area contributed by atoms with Crippen LogP contribution in [-0.4, -0.2) is 38.6 Å². The fraction of sp³-hybridized carbons (Fsp3) is 0.929. The molecule has 0 radical (unpaired) electrons. The van der Waals surface area contributed by atoms with Crippen LogP contribution in [0.5, 0.6) is 0 Å². The maximum absolute atomic E-state index is 10.9. The maximum atomic E-state index is 10.9. The van der Waals surface area contributed by atoms with Gasteiger partial charge in [0.25, 0.3) is 0 Å². The number of ether oxygens (including phenoxy) is 1. The largest absolute Gasteiger partial charge is 0.469 e. The molecule has 0 bridgehead atoms. The Kier molecular flexibility index (Phi) is 10.2. The van der Waals surface area contributed by atoms with Gasteiger partial charge in [0.05, 0.1) is 7.11 Å². The minimum Gasteiger partial charge on any atom is -0.469 e. The Morgan fingerprint density at radius 2 is 1.82 bits per heavy atom. The summed E-state index contributed by atoms with van der Waals surface area (Å²) < 4.78 is 4.61. The van der Waals surface area contributed by atoms with Gasteiger partial charge in [0.1, 0.15) is 0 Å². The summed E-state index contributed by atoms with van der Waals surface area (Å²) in [5.74, 6) is 0.563. The maximum Gasteiger partial charge on any atom is 0.305 e. The lowest BCUT2D eigenvalue weighted by Gasteiger charge is -2.19. The first kappa shape index (κ1) is 16.4. The van der Waals surface area contributed by atoms with Crippen LogP contribution in [0.15, 0.2) is 0 Å². The van der Waals surface area contributed by atoms with E-state index < -0.39 is 0 Å². The quantitative estimate of drug-likeness (QED) is 0.711. The third-order valence-corrected chi connectivity index (χ3v) is 3.08. The number of nitrogens with zero attached hydrogens (tertiary/aromatic N) is 1. The molecule has 0 heterocycles. The van der Waals surface area contributed by atoms with E-state index in [1.807, 2.05) is 0 Å². The first-order valence-electron chi connectivity index (χ1n) is 6.81. The molecule has 0 amide bonds. The number of esters is 1. The Bertz CT molecular complexity index is 187. The molecule has 1 aliphatic carbocycles. The summed E-state index contributed by atoms with van der Waals surface area (Å²) in [5, 5.41) is 0. The standard InChI is InChI=1S/C9H16O2.C5H13N/c1-11-9(10)7-8-5-3-2-4-6-8;1-4-5-6(2)3/h8H,2-7H2,1H3;4-5H2,1-3H3. The van der Waals surface area contributed by atoms with Crippen molar-refractivity contribution in [3.05, 3.63) is 0 Å². The van der Waals surface area contributed by atoms with Gasteiger partial charge in [0, 0.05) is 6.42 Å². The van der Waals surface area contributed by atoms with Crippen molar-refractivity contribution in [1.82, 2.24) is 4.90 Å². The molecule has 0 aromatic rings. The van der Waals surface area contributed by atoms with E-state index in [9.17, 15) is 4.79 Å². The molecule has 0 aromatic carbocycles. The minimum atomic E-state index is -0.0445. The Morgan fingerprint density at radius 1 is 1.24 bits per heavy atom. The number of rotatable bonds is 4. The van der Waals surface area contributed by atoms with Crippen molar-refractivity contribution in [2.24, 2.45) is 5.92 Å². The van der Waals surface area contributed by atoms with Crippen LogP contribution >= 0.6 is 0 Å². The van der Waals surface area contributed by atoms with Crippen molar-refractivity contribution in [1.29, 1.82) is 0 Å². The Labute approximate surface area is 107 Å². The van der Waals surface area contributed by atoms with E-state index in [1.165, 1.54) is 52.2 Å². The van der Waals surface area contributed by atoms with Crippen LogP contribution in [0.4, 0.5) is 0 Å². The van der Waals surface area contributed by atoms with E-state index in [2.05, 4.69) is 30.7 Å². The second kappa shape index (κ2) is 10.6. The van der Waals surface area contributed by atoms with E-state index in [1.54, 1.807) is 0 Å². The summed E-state index contributed by atoms with van der Waals surface area (Å²) in [7, 11) is 5.64. The highest BCUT2D eigenvalue weighted by Gasteiger charge is 2.16. The average molecular weight is 243 g/mol. The molecule has 102 valence electrons. The van der Waals surface area contributed by atoms with Gasteiger partial charge in [-0.3, -0.25) is 4.79 Å². The third-order valence-electron chi connectivity index (χ3n) is 3.08. The van der Waals surface area contributed by atoms with Crippen molar-refractivity contribution in [2.75, 3.05) is 27.7 Å². The van der Waals surface area contributed by atoms with Gasteiger partial charge in [-0.1, -0.05) is 26.2 Å². The van der Waals surface area contributed by atoms with Gasteiger partial charge in [-0.25, -0.2) is 0 Å². The molecule has 0 spiro atoms. The fourth-order valence-electron chi connectivity index (χ4n) is 2.16. The van der Waals surface area contributed by atoms with Gasteiger partial charge in [0.2, 0.25) is 0 Å². The van der Waals surface area contributed by atoms with E-state index >= 15 is 0 Å². The van der Waals surface area contributed by atoms with Gasteiger partial charge in [-0.05, 0) is 45.8 Å². The molecular weight excluding hydrogens is 214 g/mol. The fourth-order valence-corrected chi connectivity index (χ4v) is 2.16. The van der Waals surface area contributed by atoms with E-state index in [0.717, 1.165) is 0 Å². The summed E-state index contributed by atoms with van der Waals surface area (Å²) in [6.45, 7) is 3.39. The molecule has 0 unspecified atom stereocenters. The van der Waals surface area contributed by atoms with Crippen molar-refractivity contribution < 1.29 is 9.53 Å². The highest BCUT2D eigenvalue weighted by atomic mass is 16.5. The lowest BCUT2D eigenvalue weighted by atomic mass is 9.87. The highest BCUT2D eigenvalue weighted by Crippen LogP contribution is 2.26. The first-order chi connectivity index (χ1) is 8.10. The molecule has 0 atom stereocenters. The Hall–Kier alpha value is -0.570. The molecule has 0 aromatic heterocycles. The molecule has 3 heteroatoms. The van der Waals surface area contributed by atoms with E-state index in [-0.39, 0.29) is 5.97 Å². The summed E-state index contributed by atoms with van der Waals surface area (Å²) in [5.41, 5.74) is 0. The molecule has 1 rings (SSSR count). The molecule has 0 saturated heterocycles. The van der Waals surface area contributed by atoms with Crippen molar-refractivity contribution in [2.45, 2.75) is 51.9 Å². The van der Waals surface area contributed by atoms with Crippen molar-refractivity contribution in [3.8, 4) is 0 Å². The van der Waals surface area contributed by atoms with Crippen molar-refractivity contribution in [3.63, 3.8) is 0 Å². The highest BCUT2D eigenvalue weighted by molar-refractivity contribution is 5.69. The second-order valence-corrected chi connectivity index (χ2v) is 5.09. The summed E-state index contributed by atoms with van der Waals surface area (Å²) in [4.78, 5) is 13.0. The molecule has 3 nitrogen and oxygen atoms in total. The molecule has 0 N–H and O–H groups in total. The Balaban J connectivity index is 0.000000366. The van der Waals surface area contributed by atoms with Crippen LogP contribution in [0.1, 0.15) is 51.9 Å². The Morgan fingerprint density at radius 3 is 2.18 bits per heavy atom. The summed E-state index contributed by atoms with van der Waals surface area (Å²) in [6, 6.07) is 0. The number of carbonyl (C=O) groups is 1. The molecular formula is C14H29NO2. The SMILES string of the molecule is CCCN(C)C.COC(=O)CC1CCCCC1. The molecule has 1 aliphatic rings. The second-order valence-electron chi connectivity index (χ2n) is 5.09. The van der Waals surface area contributed by atoms with Gasteiger partial charge in [-0.2, -0.15) is 0 Å². The number of hydrogen-bond donors (Lipinski definition) is 0. The predicted molar refractivity (Wildman–Crippen MR) is 72.1 cm³/mol. The van der Waals surface area contributed by atoms with Crippen LogP contribution in [0.3, 0.4) is 0 Å². The van der Waals surface area contributed by atoms with Gasteiger partial charge >= 0.3 is 5.97 Å². The summed E-state index contributed by atoms with van der Waals surface area (Å²) >= 11 is 0. The van der Waals surface area contributed by atoms with Crippen LogP contribution in [0.25, 0.3) is 0 Å². The predicted octanol–water partition coefficient (Wildman–Crippen LogP) is 3.09. The monoisotopic (exact) mass is 243 g/mol. The van der Waals surface area contributed by atoms with Crippen LogP contribution < -0.4 is 0 Å². The zero-order valence-electron chi connectivity index (χ0n) is 12.0. The molecule has 1 fully saturated rings. The topological polar surface area (TPSA) is 29.5 Å². The van der Waals surface area contributed by atoms with Crippen LogP contribution in [-0.2, 0) is 9.53 Å². The lowest BCUT2D eigenvalue weighted by Crippen LogP contribution is -2.12. The summed E-state index contributed by atoms with van der Waals surface area (Å²) in [6.07, 6.45) is 8.26. The third kappa shape index (κ3) is 10.3. The van der Waals surface area contributed by atoms with Crippen LogP contribution in [0.2, 0.25) is 0 Å². The first-order valence-corrected chi connectivity index (χ1v) is 6.81. The van der Waals surface area contributed by atoms with E-state index in [0.29, 0.717) is 12.3 Å². The molecule has 0 aliphatic heterocycles. The van der Waals surface area contributed by atoms with Crippen molar-refractivity contribution >= 4 is 5.97 Å². The van der Waals surface area contributed by atoms with Gasteiger partial charge < -0.3 is 9.64 Å². The number of hydrogen-bond acceptors (Lipinski definition) is 3. The number of methoxy groups -OCH3 is 1. The van der Waals surface area contributed by atoms with Crippen LogP contribution in [0, 0.1) is 5.92 Å². The number of carbonyl (C=O) groups excluding carboxylic acids is 1. The van der Waals surface area contributed by atoms with Gasteiger partial charge in [-0.15, -0.1) is 0 Å². The average Bonchev–Trinajstić information content (AvgIpc) is 2.31. The zero-order valence-corrected chi connectivity index (χ0v) is 12.0. The lowest BCUT2D eigenvalue weighted by molar-refractivity contribution is -0.141. The zero-order chi connectivity index (χ0) is 13.1.